The lowest BCUT2D eigenvalue weighted by molar-refractivity contribution is -0.181. The standard InChI is InChI=1S/C10H11F3O4/c1-16-9(15)7-4-6(2-3-8(7)14)17-5-10(11,12)13/h4,6H,2-3,5H2,1H3. The Balaban J connectivity index is 2.67. The number of hydrogen-bond acceptors (Lipinski definition) is 4. The van der Waals surface area contributed by atoms with Crippen molar-refractivity contribution >= 4 is 11.8 Å². The van der Waals surface area contributed by atoms with Crippen molar-refractivity contribution in [3.8, 4) is 0 Å². The highest BCUT2D eigenvalue weighted by atomic mass is 19.4. The normalized spacial score (nSPS) is 21.1. The van der Waals surface area contributed by atoms with E-state index in [1.165, 1.54) is 0 Å². The second-order valence-corrected chi connectivity index (χ2v) is 3.50. The van der Waals surface area contributed by atoms with E-state index in [4.69, 9.17) is 0 Å². The van der Waals surface area contributed by atoms with Crippen molar-refractivity contribution in [1.29, 1.82) is 0 Å². The number of carbonyl (C=O) groups is 2. The summed E-state index contributed by atoms with van der Waals surface area (Å²) in [6.45, 7) is -1.41. The van der Waals surface area contributed by atoms with E-state index in [1.807, 2.05) is 0 Å². The van der Waals surface area contributed by atoms with Gasteiger partial charge in [0.1, 0.15) is 12.2 Å². The third-order valence-corrected chi connectivity index (χ3v) is 2.18. The van der Waals surface area contributed by atoms with Crippen LogP contribution in [0.3, 0.4) is 0 Å². The van der Waals surface area contributed by atoms with Gasteiger partial charge in [-0.05, 0) is 12.5 Å². The van der Waals surface area contributed by atoms with Crippen molar-refractivity contribution < 1.29 is 32.2 Å². The molecule has 7 heteroatoms. The van der Waals surface area contributed by atoms with Crippen LogP contribution >= 0.6 is 0 Å². The number of ketones is 1. The van der Waals surface area contributed by atoms with Gasteiger partial charge in [-0.25, -0.2) is 4.79 Å². The van der Waals surface area contributed by atoms with Crippen molar-refractivity contribution in [1.82, 2.24) is 0 Å². The zero-order chi connectivity index (χ0) is 13.1. The summed E-state index contributed by atoms with van der Waals surface area (Å²) in [4.78, 5) is 22.4. The molecule has 0 amide bonds. The molecule has 0 aliphatic heterocycles. The van der Waals surface area contributed by atoms with Crippen LogP contribution in [0.1, 0.15) is 12.8 Å². The molecule has 1 atom stereocenters. The Kier molecular flexibility index (Phi) is 4.28. The first kappa shape index (κ1) is 13.7. The van der Waals surface area contributed by atoms with Crippen molar-refractivity contribution in [2.75, 3.05) is 13.7 Å². The SMILES string of the molecule is COC(=O)C1=CC(OCC(F)(F)F)CCC1=O. The minimum absolute atomic E-state index is 0.0243. The van der Waals surface area contributed by atoms with Crippen molar-refractivity contribution in [3.05, 3.63) is 11.6 Å². The number of Topliss-reactive ketones (excluding diaryl/α,β-unsaturated/α-hetero) is 1. The third kappa shape index (κ3) is 4.18. The molecule has 0 fully saturated rings. The fourth-order valence-corrected chi connectivity index (χ4v) is 1.40. The molecule has 0 saturated carbocycles. The zero-order valence-corrected chi connectivity index (χ0v) is 9.04. The molecule has 0 aromatic rings. The molecule has 17 heavy (non-hydrogen) atoms. The molecular formula is C10H11F3O4. The second-order valence-electron chi connectivity index (χ2n) is 3.50. The van der Waals surface area contributed by atoms with E-state index in [0.29, 0.717) is 0 Å². The molecule has 0 saturated heterocycles. The Bertz CT molecular complexity index is 346. The van der Waals surface area contributed by atoms with Crippen LogP contribution in [-0.4, -0.2) is 37.7 Å². The first-order chi connectivity index (χ1) is 7.83. The summed E-state index contributed by atoms with van der Waals surface area (Å²) in [5.41, 5.74) is -0.245. The van der Waals surface area contributed by atoms with E-state index in [1.54, 1.807) is 0 Å². The van der Waals surface area contributed by atoms with E-state index in [2.05, 4.69) is 9.47 Å². The molecule has 96 valence electrons. The molecule has 0 aromatic carbocycles. The molecule has 0 aromatic heterocycles. The molecule has 0 radical (unpaired) electrons. The average Bonchev–Trinajstić information content (AvgIpc) is 2.26. The van der Waals surface area contributed by atoms with Crippen LogP contribution in [0.2, 0.25) is 0 Å². The second kappa shape index (κ2) is 5.31. The predicted octanol–water partition coefficient (Wildman–Crippen LogP) is 1.40. The molecule has 1 rings (SSSR count). The first-order valence-electron chi connectivity index (χ1n) is 4.85. The van der Waals surface area contributed by atoms with Gasteiger partial charge in [-0.2, -0.15) is 13.2 Å². The van der Waals surface area contributed by atoms with Gasteiger partial charge in [-0.1, -0.05) is 0 Å². The van der Waals surface area contributed by atoms with Gasteiger partial charge >= 0.3 is 12.1 Å². The number of methoxy groups -OCH3 is 1. The Morgan fingerprint density at radius 3 is 2.71 bits per heavy atom. The molecule has 1 unspecified atom stereocenters. The summed E-state index contributed by atoms with van der Waals surface area (Å²) < 4.78 is 44.6. The number of ether oxygens (including phenoxy) is 2. The lowest BCUT2D eigenvalue weighted by Crippen LogP contribution is -2.28. The van der Waals surface area contributed by atoms with E-state index in [0.717, 1.165) is 13.2 Å². The fourth-order valence-electron chi connectivity index (χ4n) is 1.40. The van der Waals surface area contributed by atoms with E-state index < -0.39 is 30.6 Å². The van der Waals surface area contributed by atoms with Gasteiger partial charge in [-0.3, -0.25) is 4.79 Å². The summed E-state index contributed by atoms with van der Waals surface area (Å²) in [5.74, 6) is -1.29. The van der Waals surface area contributed by atoms with E-state index >= 15 is 0 Å². The van der Waals surface area contributed by atoms with Gasteiger partial charge in [0.2, 0.25) is 0 Å². The third-order valence-electron chi connectivity index (χ3n) is 2.18. The van der Waals surface area contributed by atoms with Crippen molar-refractivity contribution in [2.45, 2.75) is 25.1 Å². The quantitative estimate of drug-likeness (QED) is 0.562. The molecule has 0 heterocycles. The molecule has 0 spiro atoms. The highest BCUT2D eigenvalue weighted by Gasteiger charge is 2.31. The summed E-state index contributed by atoms with van der Waals surface area (Å²) >= 11 is 0. The Morgan fingerprint density at radius 1 is 1.53 bits per heavy atom. The summed E-state index contributed by atoms with van der Waals surface area (Å²) in [5, 5.41) is 0. The number of halogens is 3. The monoisotopic (exact) mass is 252 g/mol. The fraction of sp³-hybridized carbons (Fsp3) is 0.600. The summed E-state index contributed by atoms with van der Waals surface area (Å²) in [7, 11) is 1.09. The van der Waals surface area contributed by atoms with Gasteiger partial charge in [0.25, 0.3) is 0 Å². The molecule has 0 bridgehead atoms. The van der Waals surface area contributed by atoms with Crippen LogP contribution in [0.5, 0.6) is 0 Å². The average molecular weight is 252 g/mol. The summed E-state index contributed by atoms with van der Waals surface area (Å²) in [6.07, 6.45) is -4.12. The van der Waals surface area contributed by atoms with Crippen molar-refractivity contribution in [2.24, 2.45) is 0 Å². The van der Waals surface area contributed by atoms with Crippen LogP contribution in [0.15, 0.2) is 11.6 Å². The smallest absolute Gasteiger partial charge is 0.411 e. The van der Waals surface area contributed by atoms with E-state index in [-0.39, 0.29) is 18.4 Å². The maximum absolute atomic E-state index is 11.9. The lowest BCUT2D eigenvalue weighted by Gasteiger charge is -2.20. The molecular weight excluding hydrogens is 241 g/mol. The Labute approximate surface area is 95.4 Å². The van der Waals surface area contributed by atoms with Crippen LogP contribution in [0.4, 0.5) is 13.2 Å². The molecule has 0 N–H and O–H groups in total. The van der Waals surface area contributed by atoms with Gasteiger partial charge in [0, 0.05) is 6.42 Å². The highest BCUT2D eigenvalue weighted by Crippen LogP contribution is 2.22. The number of rotatable bonds is 3. The van der Waals surface area contributed by atoms with Crippen LogP contribution < -0.4 is 0 Å². The van der Waals surface area contributed by atoms with Crippen LogP contribution in [0.25, 0.3) is 0 Å². The van der Waals surface area contributed by atoms with Gasteiger partial charge in [0.05, 0.1) is 13.2 Å². The minimum Gasteiger partial charge on any atom is -0.465 e. The number of esters is 1. The number of hydrogen-bond donors (Lipinski definition) is 0. The Hall–Kier alpha value is -1.37. The molecule has 1 aliphatic rings. The number of alkyl halides is 3. The summed E-state index contributed by atoms with van der Waals surface area (Å²) in [6, 6.07) is 0. The van der Waals surface area contributed by atoms with E-state index in [9.17, 15) is 22.8 Å². The predicted molar refractivity (Wildman–Crippen MR) is 50.1 cm³/mol. The van der Waals surface area contributed by atoms with Gasteiger partial charge in [0.15, 0.2) is 5.78 Å². The van der Waals surface area contributed by atoms with Gasteiger partial charge in [-0.15, -0.1) is 0 Å². The maximum Gasteiger partial charge on any atom is 0.411 e. The minimum atomic E-state index is -4.43. The van der Waals surface area contributed by atoms with Crippen LogP contribution in [0, 0.1) is 0 Å². The molecule has 4 nitrogen and oxygen atoms in total. The maximum atomic E-state index is 11.9. The lowest BCUT2D eigenvalue weighted by atomic mass is 9.96. The first-order valence-corrected chi connectivity index (χ1v) is 4.85. The topological polar surface area (TPSA) is 52.6 Å². The number of carbonyl (C=O) groups excluding carboxylic acids is 2. The Morgan fingerprint density at radius 2 is 2.18 bits per heavy atom. The van der Waals surface area contributed by atoms with Crippen molar-refractivity contribution in [3.63, 3.8) is 0 Å². The largest absolute Gasteiger partial charge is 0.465 e. The molecule has 1 aliphatic carbocycles. The zero-order valence-electron chi connectivity index (χ0n) is 9.04. The van der Waals surface area contributed by atoms with Crippen LogP contribution in [-0.2, 0) is 19.1 Å². The highest BCUT2D eigenvalue weighted by molar-refractivity contribution is 6.17. The van der Waals surface area contributed by atoms with Gasteiger partial charge < -0.3 is 9.47 Å².